The van der Waals surface area contributed by atoms with E-state index in [1.165, 1.54) is 6.07 Å². The Balaban J connectivity index is 2.23. The normalized spacial score (nSPS) is 10.3. The third-order valence-corrected chi connectivity index (χ3v) is 2.43. The fourth-order valence-electron chi connectivity index (χ4n) is 1.65. The number of nitrogens with zero attached hydrogens (tertiary/aromatic N) is 5. The lowest BCUT2D eigenvalue weighted by Crippen LogP contribution is -2.21. The number of hydrogen-bond acceptors (Lipinski definition) is 5. The van der Waals surface area contributed by atoms with Crippen LogP contribution in [0.2, 0.25) is 0 Å². The number of rotatable bonds is 4. The number of carboxylic acid groups (broad SMARTS) is 1. The van der Waals surface area contributed by atoms with Crippen molar-refractivity contribution in [3.63, 3.8) is 0 Å². The lowest BCUT2D eigenvalue weighted by atomic mass is 10.2. The number of aryl methyl sites for hydroxylation is 1. The SMILES string of the molecule is CN(Cc1cn(C)nn1)c1ncccc1C(=O)O. The van der Waals surface area contributed by atoms with E-state index in [0.29, 0.717) is 12.4 Å². The summed E-state index contributed by atoms with van der Waals surface area (Å²) in [5, 5.41) is 16.9. The van der Waals surface area contributed by atoms with Crippen molar-refractivity contribution in [2.75, 3.05) is 11.9 Å². The van der Waals surface area contributed by atoms with Crippen LogP contribution < -0.4 is 4.90 Å². The molecule has 0 bridgehead atoms. The van der Waals surface area contributed by atoms with Crippen LogP contribution in [0.5, 0.6) is 0 Å². The molecule has 2 aromatic rings. The molecule has 0 saturated heterocycles. The van der Waals surface area contributed by atoms with Gasteiger partial charge in [-0.3, -0.25) is 4.68 Å². The van der Waals surface area contributed by atoms with Crippen molar-refractivity contribution in [3.05, 3.63) is 35.8 Å². The van der Waals surface area contributed by atoms with Gasteiger partial charge in [0.2, 0.25) is 0 Å². The van der Waals surface area contributed by atoms with Gasteiger partial charge in [0.1, 0.15) is 17.1 Å². The Kier molecular flexibility index (Phi) is 3.22. The summed E-state index contributed by atoms with van der Waals surface area (Å²) in [7, 11) is 3.55. The Morgan fingerprint density at radius 1 is 1.56 bits per heavy atom. The highest BCUT2D eigenvalue weighted by molar-refractivity contribution is 5.93. The first-order valence-electron chi connectivity index (χ1n) is 5.32. The topological polar surface area (TPSA) is 84.1 Å². The van der Waals surface area contributed by atoms with E-state index < -0.39 is 5.97 Å². The van der Waals surface area contributed by atoms with Crippen molar-refractivity contribution in [1.29, 1.82) is 0 Å². The molecule has 1 N–H and O–H groups in total. The Morgan fingerprint density at radius 2 is 2.33 bits per heavy atom. The van der Waals surface area contributed by atoms with Gasteiger partial charge in [0.15, 0.2) is 0 Å². The molecule has 0 atom stereocenters. The zero-order valence-corrected chi connectivity index (χ0v) is 10.1. The number of aromatic carboxylic acids is 1. The molecular weight excluding hydrogens is 234 g/mol. The fraction of sp³-hybridized carbons (Fsp3) is 0.273. The van der Waals surface area contributed by atoms with Crippen LogP contribution in [0.3, 0.4) is 0 Å². The molecule has 0 radical (unpaired) electrons. The predicted octanol–water partition coefficient (Wildman–Crippen LogP) is 0.545. The van der Waals surface area contributed by atoms with Crippen molar-refractivity contribution in [3.8, 4) is 0 Å². The van der Waals surface area contributed by atoms with Crippen LogP contribution in [0.15, 0.2) is 24.5 Å². The minimum Gasteiger partial charge on any atom is -0.478 e. The van der Waals surface area contributed by atoms with Crippen LogP contribution in [0.25, 0.3) is 0 Å². The van der Waals surface area contributed by atoms with E-state index in [0.717, 1.165) is 5.69 Å². The second-order valence-corrected chi connectivity index (χ2v) is 3.92. The molecule has 2 rings (SSSR count). The van der Waals surface area contributed by atoms with Crippen LogP contribution in [0.4, 0.5) is 5.82 Å². The molecule has 0 saturated carbocycles. The number of hydrogen-bond donors (Lipinski definition) is 1. The van der Waals surface area contributed by atoms with Gasteiger partial charge in [0.05, 0.1) is 6.54 Å². The molecule has 0 aliphatic carbocycles. The molecule has 2 aromatic heterocycles. The van der Waals surface area contributed by atoms with Crippen molar-refractivity contribution >= 4 is 11.8 Å². The largest absolute Gasteiger partial charge is 0.478 e. The van der Waals surface area contributed by atoms with Gasteiger partial charge in [-0.2, -0.15) is 0 Å². The highest BCUT2D eigenvalue weighted by Crippen LogP contribution is 2.17. The molecular formula is C11H13N5O2. The van der Waals surface area contributed by atoms with Crippen LogP contribution >= 0.6 is 0 Å². The van der Waals surface area contributed by atoms with E-state index in [2.05, 4.69) is 15.3 Å². The maximum Gasteiger partial charge on any atom is 0.339 e. The van der Waals surface area contributed by atoms with Gasteiger partial charge in [0, 0.05) is 26.5 Å². The molecule has 0 unspecified atom stereocenters. The molecule has 94 valence electrons. The summed E-state index contributed by atoms with van der Waals surface area (Å²) >= 11 is 0. The molecule has 0 amide bonds. The molecule has 7 nitrogen and oxygen atoms in total. The predicted molar refractivity (Wildman–Crippen MR) is 64.3 cm³/mol. The van der Waals surface area contributed by atoms with E-state index in [4.69, 9.17) is 5.11 Å². The van der Waals surface area contributed by atoms with Gasteiger partial charge >= 0.3 is 5.97 Å². The van der Waals surface area contributed by atoms with Crippen LogP contribution in [0.1, 0.15) is 16.1 Å². The summed E-state index contributed by atoms with van der Waals surface area (Å²) in [6.45, 7) is 0.450. The van der Waals surface area contributed by atoms with Crippen molar-refractivity contribution in [2.45, 2.75) is 6.54 Å². The van der Waals surface area contributed by atoms with Gasteiger partial charge in [-0.25, -0.2) is 9.78 Å². The summed E-state index contributed by atoms with van der Waals surface area (Å²) in [4.78, 5) is 16.9. The summed E-state index contributed by atoms with van der Waals surface area (Å²) in [5.41, 5.74) is 0.922. The lowest BCUT2D eigenvalue weighted by Gasteiger charge is -2.18. The van der Waals surface area contributed by atoms with Crippen molar-refractivity contribution < 1.29 is 9.90 Å². The second kappa shape index (κ2) is 4.82. The third kappa shape index (κ3) is 2.45. The van der Waals surface area contributed by atoms with E-state index in [9.17, 15) is 4.79 Å². The Bertz CT molecular complexity index is 566. The molecule has 18 heavy (non-hydrogen) atoms. The van der Waals surface area contributed by atoms with E-state index >= 15 is 0 Å². The van der Waals surface area contributed by atoms with E-state index in [-0.39, 0.29) is 5.56 Å². The van der Waals surface area contributed by atoms with Gasteiger partial charge in [-0.1, -0.05) is 5.21 Å². The second-order valence-electron chi connectivity index (χ2n) is 3.92. The first-order chi connectivity index (χ1) is 8.58. The molecule has 0 aliphatic rings. The van der Waals surface area contributed by atoms with Crippen LogP contribution in [-0.4, -0.2) is 38.1 Å². The molecule has 0 aromatic carbocycles. The average molecular weight is 247 g/mol. The van der Waals surface area contributed by atoms with E-state index in [1.54, 1.807) is 42.1 Å². The highest BCUT2D eigenvalue weighted by Gasteiger charge is 2.15. The van der Waals surface area contributed by atoms with E-state index in [1.807, 2.05) is 0 Å². The quantitative estimate of drug-likeness (QED) is 0.849. The Hall–Kier alpha value is -2.44. The molecule has 7 heteroatoms. The van der Waals surface area contributed by atoms with Crippen LogP contribution in [0, 0.1) is 0 Å². The van der Waals surface area contributed by atoms with Crippen molar-refractivity contribution in [2.24, 2.45) is 7.05 Å². The van der Waals surface area contributed by atoms with Gasteiger partial charge in [-0.15, -0.1) is 5.10 Å². The monoisotopic (exact) mass is 247 g/mol. The number of carboxylic acids is 1. The number of carbonyl (C=O) groups is 1. The standard InChI is InChI=1S/C11H13N5O2/c1-15(6-8-7-16(2)14-13-8)10-9(11(17)18)4-3-5-12-10/h3-5,7H,6H2,1-2H3,(H,17,18). The van der Waals surface area contributed by atoms with Crippen LogP contribution in [-0.2, 0) is 13.6 Å². The number of anilines is 1. The number of aromatic nitrogens is 4. The molecule has 2 heterocycles. The molecule has 0 fully saturated rings. The summed E-state index contributed by atoms with van der Waals surface area (Å²) < 4.78 is 1.60. The lowest BCUT2D eigenvalue weighted by molar-refractivity contribution is 0.0697. The maximum absolute atomic E-state index is 11.1. The first kappa shape index (κ1) is 12.0. The third-order valence-electron chi connectivity index (χ3n) is 2.43. The Morgan fingerprint density at radius 3 is 2.94 bits per heavy atom. The summed E-state index contributed by atoms with van der Waals surface area (Å²) in [6.07, 6.45) is 3.34. The minimum atomic E-state index is -0.996. The first-order valence-corrected chi connectivity index (χ1v) is 5.32. The van der Waals surface area contributed by atoms with Gasteiger partial charge < -0.3 is 10.0 Å². The zero-order chi connectivity index (χ0) is 13.1. The molecule has 0 spiro atoms. The smallest absolute Gasteiger partial charge is 0.339 e. The fourth-order valence-corrected chi connectivity index (χ4v) is 1.65. The average Bonchev–Trinajstić information content (AvgIpc) is 2.74. The summed E-state index contributed by atoms with van der Waals surface area (Å²) in [6, 6.07) is 3.13. The minimum absolute atomic E-state index is 0.170. The summed E-state index contributed by atoms with van der Waals surface area (Å²) in [5.74, 6) is -0.584. The van der Waals surface area contributed by atoms with Gasteiger partial charge in [0.25, 0.3) is 0 Å². The Labute approximate surface area is 104 Å². The highest BCUT2D eigenvalue weighted by atomic mass is 16.4. The zero-order valence-electron chi connectivity index (χ0n) is 10.1. The van der Waals surface area contributed by atoms with Crippen molar-refractivity contribution in [1.82, 2.24) is 20.0 Å². The molecule has 0 aliphatic heterocycles. The maximum atomic E-state index is 11.1. The van der Waals surface area contributed by atoms with Gasteiger partial charge in [-0.05, 0) is 12.1 Å². The number of pyridine rings is 1.